The van der Waals surface area contributed by atoms with Crippen molar-refractivity contribution in [2.75, 3.05) is 13.1 Å². The summed E-state index contributed by atoms with van der Waals surface area (Å²) in [5.41, 5.74) is 6.14. The molecule has 3 atom stereocenters. The maximum atomic E-state index is 6.14. The third-order valence-corrected chi connectivity index (χ3v) is 4.71. The van der Waals surface area contributed by atoms with Gasteiger partial charge in [-0.25, -0.2) is 0 Å². The largest absolute Gasteiger partial charge is 0.327 e. The van der Waals surface area contributed by atoms with Gasteiger partial charge in [0.1, 0.15) is 0 Å². The molecule has 16 heavy (non-hydrogen) atoms. The second-order valence-corrected chi connectivity index (χ2v) is 6.13. The van der Waals surface area contributed by atoms with E-state index < -0.39 is 0 Å². The Morgan fingerprint density at radius 3 is 2.69 bits per heavy atom. The molecule has 1 aliphatic carbocycles. The first-order chi connectivity index (χ1) is 7.68. The summed E-state index contributed by atoms with van der Waals surface area (Å²) in [4.78, 5) is 2.74. The molecule has 0 spiro atoms. The van der Waals surface area contributed by atoms with Crippen molar-refractivity contribution in [2.24, 2.45) is 17.6 Å². The third kappa shape index (κ3) is 2.78. The van der Waals surface area contributed by atoms with Crippen molar-refractivity contribution in [3.8, 4) is 0 Å². The summed E-state index contributed by atoms with van der Waals surface area (Å²) in [6, 6.07) is 1.30. The number of rotatable bonds is 4. The van der Waals surface area contributed by atoms with Gasteiger partial charge in [0.15, 0.2) is 0 Å². The van der Waals surface area contributed by atoms with E-state index in [2.05, 4.69) is 18.7 Å². The summed E-state index contributed by atoms with van der Waals surface area (Å²) in [6.45, 7) is 7.03. The molecule has 1 saturated heterocycles. The second kappa shape index (κ2) is 5.50. The molecular weight excluding hydrogens is 196 g/mol. The van der Waals surface area contributed by atoms with Gasteiger partial charge in [-0.2, -0.15) is 0 Å². The first kappa shape index (κ1) is 12.4. The van der Waals surface area contributed by atoms with Gasteiger partial charge in [-0.05, 0) is 57.0 Å². The second-order valence-electron chi connectivity index (χ2n) is 6.13. The molecule has 0 aromatic heterocycles. The summed E-state index contributed by atoms with van der Waals surface area (Å²) >= 11 is 0. The molecule has 0 bridgehead atoms. The van der Waals surface area contributed by atoms with Crippen LogP contribution in [-0.2, 0) is 0 Å². The summed E-state index contributed by atoms with van der Waals surface area (Å²) in [5.74, 6) is 1.65. The standard InChI is InChI=1S/C14H28N2/c1-11(2)13(15)8-10-16-9-4-6-12-5-3-7-14(12)16/h11-14H,3-10,15H2,1-2H3. The normalized spacial score (nSPS) is 33.0. The quantitative estimate of drug-likeness (QED) is 0.795. The van der Waals surface area contributed by atoms with Gasteiger partial charge in [0.2, 0.25) is 0 Å². The highest BCUT2D eigenvalue weighted by Crippen LogP contribution is 2.36. The van der Waals surface area contributed by atoms with Gasteiger partial charge in [0, 0.05) is 12.1 Å². The lowest BCUT2D eigenvalue weighted by Crippen LogP contribution is -2.44. The van der Waals surface area contributed by atoms with Crippen LogP contribution in [0.3, 0.4) is 0 Å². The fraction of sp³-hybridized carbons (Fsp3) is 1.00. The van der Waals surface area contributed by atoms with Crippen molar-refractivity contribution in [2.45, 2.75) is 64.5 Å². The van der Waals surface area contributed by atoms with Crippen LogP contribution in [-0.4, -0.2) is 30.1 Å². The number of nitrogens with zero attached hydrogens (tertiary/aromatic N) is 1. The number of likely N-dealkylation sites (tertiary alicyclic amines) is 1. The molecule has 0 amide bonds. The van der Waals surface area contributed by atoms with Crippen molar-refractivity contribution in [3.63, 3.8) is 0 Å². The van der Waals surface area contributed by atoms with E-state index in [0.29, 0.717) is 12.0 Å². The highest BCUT2D eigenvalue weighted by molar-refractivity contribution is 4.89. The van der Waals surface area contributed by atoms with Gasteiger partial charge in [-0.3, -0.25) is 0 Å². The van der Waals surface area contributed by atoms with Crippen molar-refractivity contribution < 1.29 is 0 Å². The van der Waals surface area contributed by atoms with E-state index in [-0.39, 0.29) is 0 Å². The SMILES string of the molecule is CC(C)C(N)CCN1CCCC2CCCC21. The molecule has 2 nitrogen and oxygen atoms in total. The first-order valence-electron chi connectivity index (χ1n) is 7.18. The smallest absolute Gasteiger partial charge is 0.0123 e. The molecule has 3 unspecified atom stereocenters. The lowest BCUT2D eigenvalue weighted by molar-refractivity contribution is 0.108. The fourth-order valence-electron chi connectivity index (χ4n) is 3.48. The number of nitrogens with two attached hydrogens (primary N) is 1. The van der Waals surface area contributed by atoms with Crippen molar-refractivity contribution in [1.82, 2.24) is 4.90 Å². The zero-order valence-electron chi connectivity index (χ0n) is 11.0. The van der Waals surface area contributed by atoms with Crippen LogP contribution in [0.1, 0.15) is 52.4 Å². The number of fused-ring (bicyclic) bond motifs is 1. The van der Waals surface area contributed by atoms with E-state index in [1.807, 2.05) is 0 Å². The van der Waals surface area contributed by atoms with Crippen LogP contribution in [0.2, 0.25) is 0 Å². The van der Waals surface area contributed by atoms with E-state index in [1.54, 1.807) is 0 Å². The van der Waals surface area contributed by atoms with Crippen LogP contribution in [0, 0.1) is 11.8 Å². The number of piperidine rings is 1. The lowest BCUT2D eigenvalue weighted by atomic mass is 9.91. The molecule has 2 rings (SSSR count). The Morgan fingerprint density at radius 2 is 1.94 bits per heavy atom. The van der Waals surface area contributed by atoms with E-state index in [1.165, 1.54) is 51.6 Å². The van der Waals surface area contributed by atoms with Crippen molar-refractivity contribution >= 4 is 0 Å². The topological polar surface area (TPSA) is 29.3 Å². The van der Waals surface area contributed by atoms with Gasteiger partial charge in [-0.1, -0.05) is 20.3 Å². The Hall–Kier alpha value is -0.0800. The first-order valence-corrected chi connectivity index (χ1v) is 7.18. The molecule has 0 aromatic carbocycles. The van der Waals surface area contributed by atoms with Crippen LogP contribution in [0.25, 0.3) is 0 Å². The Labute approximate surface area is 101 Å². The highest BCUT2D eigenvalue weighted by Gasteiger charge is 2.34. The van der Waals surface area contributed by atoms with E-state index >= 15 is 0 Å². The van der Waals surface area contributed by atoms with Crippen LogP contribution in [0.5, 0.6) is 0 Å². The zero-order valence-corrected chi connectivity index (χ0v) is 11.0. The fourth-order valence-corrected chi connectivity index (χ4v) is 3.48. The van der Waals surface area contributed by atoms with Gasteiger partial charge < -0.3 is 10.6 Å². The minimum absolute atomic E-state index is 0.391. The molecular formula is C14H28N2. The summed E-state index contributed by atoms with van der Waals surface area (Å²) in [6.07, 6.45) is 8.47. The Balaban J connectivity index is 1.80. The van der Waals surface area contributed by atoms with Crippen molar-refractivity contribution in [1.29, 1.82) is 0 Å². The molecule has 1 aliphatic heterocycles. The van der Waals surface area contributed by atoms with Crippen LogP contribution in [0.15, 0.2) is 0 Å². The predicted octanol–water partition coefficient (Wildman–Crippen LogP) is 2.62. The van der Waals surface area contributed by atoms with Gasteiger partial charge in [0.05, 0.1) is 0 Å². The highest BCUT2D eigenvalue weighted by atomic mass is 15.2. The third-order valence-electron chi connectivity index (χ3n) is 4.71. The molecule has 0 radical (unpaired) electrons. The Morgan fingerprint density at radius 1 is 1.19 bits per heavy atom. The Kier molecular flexibility index (Phi) is 4.26. The molecule has 0 aromatic rings. The van der Waals surface area contributed by atoms with Crippen LogP contribution < -0.4 is 5.73 Å². The van der Waals surface area contributed by atoms with Crippen LogP contribution >= 0.6 is 0 Å². The van der Waals surface area contributed by atoms with E-state index in [4.69, 9.17) is 5.73 Å². The predicted molar refractivity (Wildman–Crippen MR) is 69.4 cm³/mol. The number of hydrogen-bond donors (Lipinski definition) is 1. The van der Waals surface area contributed by atoms with Gasteiger partial charge in [-0.15, -0.1) is 0 Å². The summed E-state index contributed by atoms with van der Waals surface area (Å²) in [7, 11) is 0. The number of hydrogen-bond acceptors (Lipinski definition) is 2. The molecule has 94 valence electrons. The maximum Gasteiger partial charge on any atom is 0.0123 e. The summed E-state index contributed by atoms with van der Waals surface area (Å²) < 4.78 is 0. The van der Waals surface area contributed by atoms with Crippen molar-refractivity contribution in [3.05, 3.63) is 0 Å². The maximum absolute atomic E-state index is 6.14. The molecule has 1 heterocycles. The minimum atomic E-state index is 0.391. The average molecular weight is 224 g/mol. The summed E-state index contributed by atoms with van der Waals surface area (Å²) in [5, 5.41) is 0. The van der Waals surface area contributed by atoms with E-state index in [9.17, 15) is 0 Å². The van der Waals surface area contributed by atoms with Gasteiger partial charge in [0.25, 0.3) is 0 Å². The zero-order chi connectivity index (χ0) is 11.5. The van der Waals surface area contributed by atoms with Gasteiger partial charge >= 0.3 is 0 Å². The van der Waals surface area contributed by atoms with Crippen LogP contribution in [0.4, 0.5) is 0 Å². The van der Waals surface area contributed by atoms with E-state index in [0.717, 1.165) is 12.0 Å². The Bertz CT molecular complexity index is 215. The molecule has 2 aliphatic rings. The lowest BCUT2D eigenvalue weighted by Gasteiger charge is -2.38. The monoisotopic (exact) mass is 224 g/mol. The molecule has 2 N–H and O–H groups in total. The molecule has 2 fully saturated rings. The minimum Gasteiger partial charge on any atom is -0.327 e. The molecule has 1 saturated carbocycles. The average Bonchev–Trinajstić information content (AvgIpc) is 2.73. The molecule has 2 heteroatoms.